The molecule has 0 bridgehead atoms. The molecule has 0 radical (unpaired) electrons. The number of rotatable bonds is 7. The Labute approximate surface area is 170 Å². The molecule has 1 aliphatic heterocycles. The quantitative estimate of drug-likeness (QED) is 0.329. The van der Waals surface area contributed by atoms with Crippen LogP contribution in [0.2, 0.25) is 0 Å². The van der Waals surface area contributed by atoms with Crippen molar-refractivity contribution in [2.24, 2.45) is 0 Å². The van der Waals surface area contributed by atoms with Gasteiger partial charge in [0.2, 0.25) is 0 Å². The average molecular weight is 391 g/mol. The first-order chi connectivity index (χ1) is 14.0. The highest BCUT2D eigenvalue weighted by Crippen LogP contribution is 2.39. The summed E-state index contributed by atoms with van der Waals surface area (Å²) in [5, 5.41) is 11.0. The lowest BCUT2D eigenvalue weighted by molar-refractivity contribution is -0.139. The van der Waals surface area contributed by atoms with E-state index in [-0.39, 0.29) is 17.9 Å². The minimum Gasteiger partial charge on any atom is -0.507 e. The summed E-state index contributed by atoms with van der Waals surface area (Å²) in [5.41, 5.74) is 2.17. The number of amides is 1. The van der Waals surface area contributed by atoms with Gasteiger partial charge in [0.1, 0.15) is 11.5 Å². The molecule has 1 saturated heterocycles. The average Bonchev–Trinajstić information content (AvgIpc) is 2.98. The molecule has 1 atom stereocenters. The zero-order chi connectivity index (χ0) is 21.0. The molecule has 1 unspecified atom stereocenters. The van der Waals surface area contributed by atoms with Crippen LogP contribution in [0.15, 0.2) is 66.8 Å². The van der Waals surface area contributed by atoms with Crippen LogP contribution in [0.3, 0.4) is 0 Å². The third-order valence-electron chi connectivity index (χ3n) is 4.89. The van der Waals surface area contributed by atoms with E-state index in [1.807, 2.05) is 44.2 Å². The van der Waals surface area contributed by atoms with Crippen LogP contribution in [0, 0.1) is 6.92 Å². The second-order valence-electron chi connectivity index (χ2n) is 6.98. The van der Waals surface area contributed by atoms with E-state index in [1.54, 1.807) is 24.3 Å². The van der Waals surface area contributed by atoms with Crippen molar-refractivity contribution in [3.8, 4) is 5.75 Å². The molecule has 150 valence electrons. The Morgan fingerprint density at radius 3 is 2.55 bits per heavy atom. The van der Waals surface area contributed by atoms with Gasteiger partial charge >= 0.3 is 0 Å². The topological polar surface area (TPSA) is 66.8 Å². The number of benzene rings is 2. The van der Waals surface area contributed by atoms with Gasteiger partial charge in [0.05, 0.1) is 18.2 Å². The summed E-state index contributed by atoms with van der Waals surface area (Å²) >= 11 is 0. The molecular formula is C24H25NO4. The number of aliphatic hydroxyl groups is 1. The summed E-state index contributed by atoms with van der Waals surface area (Å²) in [4.78, 5) is 26.9. The van der Waals surface area contributed by atoms with Crippen LogP contribution < -0.4 is 4.74 Å². The van der Waals surface area contributed by atoms with Crippen molar-refractivity contribution < 1.29 is 19.4 Å². The van der Waals surface area contributed by atoms with Gasteiger partial charge in [0.15, 0.2) is 0 Å². The van der Waals surface area contributed by atoms with Crippen LogP contribution >= 0.6 is 0 Å². The molecule has 2 aromatic carbocycles. The minimum absolute atomic E-state index is 0.0877. The molecule has 0 aliphatic carbocycles. The van der Waals surface area contributed by atoms with E-state index in [9.17, 15) is 14.7 Å². The molecule has 2 aromatic rings. The summed E-state index contributed by atoms with van der Waals surface area (Å²) in [6.45, 7) is 8.41. The van der Waals surface area contributed by atoms with Gasteiger partial charge < -0.3 is 14.7 Å². The number of ketones is 1. The monoisotopic (exact) mass is 391 g/mol. The Bertz CT molecular complexity index is 962. The second kappa shape index (κ2) is 8.78. The van der Waals surface area contributed by atoms with Crippen molar-refractivity contribution in [2.45, 2.75) is 26.3 Å². The smallest absolute Gasteiger partial charge is 0.295 e. The molecule has 3 rings (SSSR count). The summed E-state index contributed by atoms with van der Waals surface area (Å²) < 4.78 is 5.69. The van der Waals surface area contributed by atoms with E-state index < -0.39 is 17.7 Å². The Kier molecular flexibility index (Phi) is 6.17. The van der Waals surface area contributed by atoms with Crippen LogP contribution in [0.25, 0.3) is 5.76 Å². The number of aliphatic hydroxyl groups excluding tert-OH is 1. The number of ether oxygens (including phenoxy) is 1. The van der Waals surface area contributed by atoms with Gasteiger partial charge in [-0.1, -0.05) is 43.3 Å². The molecule has 1 N–H and O–H groups in total. The highest BCUT2D eigenvalue weighted by atomic mass is 16.5. The lowest BCUT2D eigenvalue weighted by atomic mass is 9.95. The number of Topliss-reactive ketones (excluding diaryl/α,β-unsaturated/α-hetero) is 1. The summed E-state index contributed by atoms with van der Waals surface area (Å²) in [5.74, 6) is -0.786. The van der Waals surface area contributed by atoms with E-state index >= 15 is 0 Å². The van der Waals surface area contributed by atoms with Crippen molar-refractivity contribution in [2.75, 3.05) is 13.2 Å². The Morgan fingerprint density at radius 2 is 1.93 bits per heavy atom. The highest BCUT2D eigenvalue weighted by molar-refractivity contribution is 6.46. The number of carbonyl (C=O) groups is 2. The number of likely N-dealkylation sites (tertiary alicyclic amines) is 1. The molecule has 5 nitrogen and oxygen atoms in total. The number of carbonyl (C=O) groups excluding carboxylic acids is 2. The molecule has 0 saturated carbocycles. The zero-order valence-corrected chi connectivity index (χ0v) is 16.7. The number of hydrogen-bond acceptors (Lipinski definition) is 4. The largest absolute Gasteiger partial charge is 0.507 e. The van der Waals surface area contributed by atoms with Crippen molar-refractivity contribution in [1.29, 1.82) is 0 Å². The first-order valence-electron chi connectivity index (χ1n) is 9.67. The van der Waals surface area contributed by atoms with Gasteiger partial charge in [-0.25, -0.2) is 0 Å². The van der Waals surface area contributed by atoms with E-state index in [0.29, 0.717) is 12.2 Å². The molecular weight excluding hydrogens is 366 g/mol. The standard InChI is InChI=1S/C24H25NO4/c1-4-13-25-21(17-9-7-6-8-10-17)20(23(27)24(25)28)22(26)18-11-12-19(16(3)15-18)29-14-5-2/h4,6-12,15,21,26H,1,5,13-14H2,2-3H3. The maximum Gasteiger partial charge on any atom is 0.295 e. The van der Waals surface area contributed by atoms with Crippen LogP contribution in [0.1, 0.15) is 36.1 Å². The van der Waals surface area contributed by atoms with E-state index in [4.69, 9.17) is 4.74 Å². The van der Waals surface area contributed by atoms with Gasteiger partial charge in [0.25, 0.3) is 11.7 Å². The third kappa shape index (κ3) is 3.94. The Hall–Kier alpha value is -3.34. The first kappa shape index (κ1) is 20.4. The van der Waals surface area contributed by atoms with E-state index in [1.165, 1.54) is 4.90 Å². The zero-order valence-electron chi connectivity index (χ0n) is 16.7. The molecule has 1 fully saturated rings. The van der Waals surface area contributed by atoms with Gasteiger partial charge in [-0.15, -0.1) is 6.58 Å². The van der Waals surface area contributed by atoms with Crippen LogP contribution in [0.5, 0.6) is 5.75 Å². The van der Waals surface area contributed by atoms with Crippen LogP contribution in [0.4, 0.5) is 0 Å². The first-order valence-corrected chi connectivity index (χ1v) is 9.67. The third-order valence-corrected chi connectivity index (χ3v) is 4.89. The van der Waals surface area contributed by atoms with Crippen LogP contribution in [-0.2, 0) is 9.59 Å². The number of nitrogens with zero attached hydrogens (tertiary/aromatic N) is 1. The maximum absolute atomic E-state index is 12.8. The predicted molar refractivity (Wildman–Crippen MR) is 113 cm³/mol. The molecule has 1 aliphatic rings. The lowest BCUT2D eigenvalue weighted by Crippen LogP contribution is -2.29. The minimum atomic E-state index is -0.692. The fourth-order valence-electron chi connectivity index (χ4n) is 3.52. The van der Waals surface area contributed by atoms with Crippen LogP contribution in [-0.4, -0.2) is 34.8 Å². The fraction of sp³-hybridized carbons (Fsp3) is 0.250. The number of hydrogen-bond donors (Lipinski definition) is 1. The normalized spacial score (nSPS) is 18.1. The van der Waals surface area contributed by atoms with Crippen molar-refractivity contribution in [3.63, 3.8) is 0 Å². The van der Waals surface area contributed by atoms with E-state index in [0.717, 1.165) is 23.3 Å². The summed E-state index contributed by atoms with van der Waals surface area (Å²) in [6, 6.07) is 13.8. The Morgan fingerprint density at radius 1 is 1.21 bits per heavy atom. The molecule has 29 heavy (non-hydrogen) atoms. The SMILES string of the molecule is C=CCN1C(=O)C(=O)C(=C(O)c2ccc(OCCC)c(C)c2)C1c1ccccc1. The van der Waals surface area contributed by atoms with Gasteiger partial charge in [-0.05, 0) is 42.7 Å². The second-order valence-corrected chi connectivity index (χ2v) is 6.98. The number of aryl methyl sites for hydroxylation is 1. The molecule has 0 spiro atoms. The summed E-state index contributed by atoms with van der Waals surface area (Å²) in [6.07, 6.45) is 2.47. The summed E-state index contributed by atoms with van der Waals surface area (Å²) in [7, 11) is 0. The molecule has 1 heterocycles. The fourth-order valence-corrected chi connectivity index (χ4v) is 3.52. The van der Waals surface area contributed by atoms with Gasteiger partial charge in [-0.2, -0.15) is 0 Å². The van der Waals surface area contributed by atoms with Crippen molar-refractivity contribution in [1.82, 2.24) is 4.90 Å². The highest BCUT2D eigenvalue weighted by Gasteiger charge is 2.45. The van der Waals surface area contributed by atoms with E-state index in [2.05, 4.69) is 6.58 Å². The molecule has 1 amide bonds. The maximum atomic E-state index is 12.8. The predicted octanol–water partition coefficient (Wildman–Crippen LogP) is 4.39. The lowest BCUT2D eigenvalue weighted by Gasteiger charge is -2.24. The van der Waals surface area contributed by atoms with Crippen molar-refractivity contribution in [3.05, 3.63) is 83.4 Å². The Balaban J connectivity index is 2.10. The van der Waals surface area contributed by atoms with Gasteiger partial charge in [0, 0.05) is 12.1 Å². The van der Waals surface area contributed by atoms with Crippen molar-refractivity contribution >= 4 is 17.4 Å². The molecule has 5 heteroatoms. The molecule has 0 aromatic heterocycles. The van der Waals surface area contributed by atoms with Gasteiger partial charge in [-0.3, -0.25) is 9.59 Å².